The van der Waals surface area contributed by atoms with Crippen LogP contribution >= 0.6 is 0 Å². The Kier molecular flexibility index (Phi) is 5.93. The van der Waals surface area contributed by atoms with Crippen LogP contribution in [0.2, 0.25) is 0 Å². The van der Waals surface area contributed by atoms with Gasteiger partial charge in [-0.3, -0.25) is 4.68 Å². The van der Waals surface area contributed by atoms with Crippen molar-refractivity contribution in [1.82, 2.24) is 14.7 Å². The van der Waals surface area contributed by atoms with Crippen molar-refractivity contribution in [2.75, 3.05) is 13.1 Å². The molecule has 174 valence electrons. The van der Waals surface area contributed by atoms with E-state index in [0.717, 1.165) is 4.68 Å². The van der Waals surface area contributed by atoms with Gasteiger partial charge in [0.25, 0.3) is 0 Å². The number of halogens is 3. The number of nitrogens with zero attached hydrogens (tertiary/aromatic N) is 3. The summed E-state index contributed by atoms with van der Waals surface area (Å²) in [5.74, 6) is 0. The fourth-order valence-electron chi connectivity index (χ4n) is 3.71. The molecule has 0 radical (unpaired) electrons. The van der Waals surface area contributed by atoms with Gasteiger partial charge in [-0.05, 0) is 61.3 Å². The van der Waals surface area contributed by atoms with Gasteiger partial charge in [-0.25, -0.2) is 4.79 Å². The quantitative estimate of drug-likeness (QED) is 0.649. The maximum absolute atomic E-state index is 14.1. The zero-order chi connectivity index (χ0) is 23.4. The summed E-state index contributed by atoms with van der Waals surface area (Å²) in [5, 5.41) is 4.08. The second-order valence-electron chi connectivity index (χ2n) is 10.2. The SMILES string of the molecule is CC(C)(C)OC(=O)N1CCC(n2ncc(B3OC(C)(C)C(C)(C)O3)c2C(F)(F)F)CC1. The predicted octanol–water partition coefficient (Wildman–Crippen LogP) is 3.77. The molecule has 0 unspecified atom stereocenters. The van der Waals surface area contributed by atoms with E-state index in [1.807, 2.05) is 0 Å². The monoisotopic (exact) mass is 445 g/mol. The molecule has 0 aliphatic carbocycles. The van der Waals surface area contributed by atoms with Crippen molar-refractivity contribution in [3.63, 3.8) is 0 Å². The third kappa shape index (κ3) is 4.87. The van der Waals surface area contributed by atoms with E-state index in [4.69, 9.17) is 14.0 Å². The van der Waals surface area contributed by atoms with Crippen molar-refractivity contribution < 1.29 is 32.0 Å². The molecule has 7 nitrogen and oxygen atoms in total. The maximum Gasteiger partial charge on any atom is 0.498 e. The van der Waals surface area contributed by atoms with E-state index in [-0.39, 0.29) is 5.46 Å². The topological polar surface area (TPSA) is 65.8 Å². The van der Waals surface area contributed by atoms with E-state index in [0.29, 0.717) is 25.9 Å². The molecule has 0 aromatic carbocycles. The molecule has 0 atom stereocenters. The molecular formula is C20H31BF3N3O4. The zero-order valence-corrected chi connectivity index (χ0v) is 19.2. The summed E-state index contributed by atoms with van der Waals surface area (Å²) in [6.07, 6.45) is -3.22. The Morgan fingerprint density at radius 3 is 2.10 bits per heavy atom. The number of ether oxygens (including phenoxy) is 1. The molecule has 0 saturated carbocycles. The molecule has 0 N–H and O–H groups in total. The Morgan fingerprint density at radius 2 is 1.65 bits per heavy atom. The molecule has 2 aliphatic rings. The Hall–Kier alpha value is -1.75. The molecule has 0 bridgehead atoms. The van der Waals surface area contributed by atoms with E-state index in [1.54, 1.807) is 48.5 Å². The van der Waals surface area contributed by atoms with Crippen molar-refractivity contribution in [1.29, 1.82) is 0 Å². The smallest absolute Gasteiger partial charge is 0.444 e. The third-order valence-electron chi connectivity index (χ3n) is 6.06. The Bertz CT molecular complexity index is 809. The second-order valence-corrected chi connectivity index (χ2v) is 10.2. The first-order valence-electron chi connectivity index (χ1n) is 10.5. The summed E-state index contributed by atoms with van der Waals surface area (Å²) in [6, 6.07) is -0.494. The van der Waals surface area contributed by atoms with Crippen molar-refractivity contribution in [2.45, 2.75) is 90.3 Å². The number of aromatic nitrogens is 2. The number of carbonyl (C=O) groups is 1. The van der Waals surface area contributed by atoms with Crippen LogP contribution in [0, 0.1) is 0 Å². The molecule has 2 aliphatic heterocycles. The molecule has 31 heavy (non-hydrogen) atoms. The van der Waals surface area contributed by atoms with Crippen LogP contribution in [-0.2, 0) is 20.2 Å². The molecular weight excluding hydrogens is 414 g/mol. The van der Waals surface area contributed by atoms with Crippen LogP contribution in [0.5, 0.6) is 0 Å². The van der Waals surface area contributed by atoms with E-state index >= 15 is 0 Å². The van der Waals surface area contributed by atoms with Crippen LogP contribution in [0.15, 0.2) is 6.20 Å². The number of alkyl halides is 3. The third-order valence-corrected chi connectivity index (χ3v) is 6.06. The minimum Gasteiger partial charge on any atom is -0.444 e. The highest BCUT2D eigenvalue weighted by Gasteiger charge is 2.55. The molecule has 0 spiro atoms. The van der Waals surface area contributed by atoms with Crippen LogP contribution < -0.4 is 5.46 Å². The van der Waals surface area contributed by atoms with Gasteiger partial charge in [0.05, 0.1) is 17.2 Å². The lowest BCUT2D eigenvalue weighted by Crippen LogP contribution is -2.43. The summed E-state index contributed by atoms with van der Waals surface area (Å²) in [6.45, 7) is 13.1. The van der Waals surface area contributed by atoms with E-state index in [9.17, 15) is 18.0 Å². The second kappa shape index (κ2) is 7.69. The molecule has 2 saturated heterocycles. The highest BCUT2D eigenvalue weighted by atomic mass is 19.4. The maximum atomic E-state index is 14.1. The molecule has 1 aromatic rings. The Morgan fingerprint density at radius 1 is 1.13 bits per heavy atom. The lowest BCUT2D eigenvalue weighted by atomic mass is 9.79. The first-order chi connectivity index (χ1) is 14.0. The number of amides is 1. The average molecular weight is 445 g/mol. The molecule has 3 heterocycles. The summed E-state index contributed by atoms with van der Waals surface area (Å²) >= 11 is 0. The van der Waals surface area contributed by atoms with E-state index in [2.05, 4.69) is 5.10 Å². The molecule has 1 amide bonds. The van der Waals surface area contributed by atoms with Crippen LogP contribution in [-0.4, -0.2) is 57.8 Å². The summed E-state index contributed by atoms with van der Waals surface area (Å²) in [7, 11) is -1.16. The number of hydrogen-bond donors (Lipinski definition) is 0. The minimum atomic E-state index is -4.63. The molecule has 11 heteroatoms. The van der Waals surface area contributed by atoms with E-state index in [1.165, 1.54) is 11.1 Å². The fraction of sp³-hybridized carbons (Fsp3) is 0.800. The van der Waals surface area contributed by atoms with Gasteiger partial charge in [0, 0.05) is 24.7 Å². The Balaban J connectivity index is 1.80. The number of piperidine rings is 1. The van der Waals surface area contributed by atoms with E-state index < -0.39 is 47.9 Å². The molecule has 1 aromatic heterocycles. The van der Waals surface area contributed by atoms with Gasteiger partial charge in [0.15, 0.2) is 0 Å². The highest BCUT2D eigenvalue weighted by molar-refractivity contribution is 6.62. The largest absolute Gasteiger partial charge is 0.498 e. The van der Waals surface area contributed by atoms with Crippen LogP contribution in [0.1, 0.15) is 73.0 Å². The minimum absolute atomic E-state index is 0.124. The van der Waals surface area contributed by atoms with Gasteiger partial charge in [0.2, 0.25) is 0 Å². The van der Waals surface area contributed by atoms with Gasteiger partial charge in [-0.1, -0.05) is 0 Å². The number of hydrogen-bond acceptors (Lipinski definition) is 5. The van der Waals surface area contributed by atoms with Crippen LogP contribution in [0.25, 0.3) is 0 Å². The lowest BCUT2D eigenvalue weighted by molar-refractivity contribution is -0.144. The van der Waals surface area contributed by atoms with Crippen LogP contribution in [0.3, 0.4) is 0 Å². The first-order valence-corrected chi connectivity index (χ1v) is 10.5. The standard InChI is InChI=1S/C20H31BF3N3O4/c1-17(2,3)29-16(28)26-10-8-13(9-11-26)27-15(20(22,23)24)14(12-25-27)21-30-18(4,5)19(6,7)31-21/h12-13H,8-11H2,1-7H3. The van der Waals surface area contributed by atoms with Gasteiger partial charge in [-0.2, -0.15) is 18.3 Å². The van der Waals surface area contributed by atoms with Gasteiger partial charge < -0.3 is 18.9 Å². The van der Waals surface area contributed by atoms with Crippen molar-refractivity contribution in [3.05, 3.63) is 11.9 Å². The average Bonchev–Trinajstić information content (AvgIpc) is 3.12. The van der Waals surface area contributed by atoms with Crippen molar-refractivity contribution >= 4 is 18.7 Å². The van der Waals surface area contributed by atoms with Crippen molar-refractivity contribution in [3.8, 4) is 0 Å². The summed E-state index contributed by atoms with van der Waals surface area (Å²) < 4.78 is 60.3. The van der Waals surface area contributed by atoms with Crippen molar-refractivity contribution in [2.24, 2.45) is 0 Å². The highest BCUT2D eigenvalue weighted by Crippen LogP contribution is 2.39. The zero-order valence-electron chi connectivity index (χ0n) is 19.2. The lowest BCUT2D eigenvalue weighted by Gasteiger charge is -2.34. The number of carbonyl (C=O) groups excluding carboxylic acids is 1. The summed E-state index contributed by atoms with van der Waals surface area (Å²) in [5.41, 5.74) is -3.14. The number of likely N-dealkylation sites (tertiary alicyclic amines) is 1. The predicted molar refractivity (Wildman–Crippen MR) is 109 cm³/mol. The van der Waals surface area contributed by atoms with Gasteiger partial charge >= 0.3 is 19.4 Å². The summed E-state index contributed by atoms with van der Waals surface area (Å²) in [4.78, 5) is 13.8. The fourth-order valence-corrected chi connectivity index (χ4v) is 3.71. The van der Waals surface area contributed by atoms with Crippen LogP contribution in [0.4, 0.5) is 18.0 Å². The van der Waals surface area contributed by atoms with Gasteiger partial charge in [-0.15, -0.1) is 0 Å². The van der Waals surface area contributed by atoms with Gasteiger partial charge in [0.1, 0.15) is 11.3 Å². The normalized spacial score (nSPS) is 22.1. The Labute approximate surface area is 181 Å². The first kappa shape index (κ1) is 23.9. The molecule has 2 fully saturated rings. The molecule has 3 rings (SSSR count). The number of rotatable bonds is 2.